The van der Waals surface area contributed by atoms with E-state index in [2.05, 4.69) is 4.99 Å². The third-order valence-electron chi connectivity index (χ3n) is 4.01. The highest BCUT2D eigenvalue weighted by atomic mass is 16.5. The Labute approximate surface area is 122 Å². The maximum atomic E-state index is 12.2. The number of hydrogen-bond donors (Lipinski definition) is 2. The monoisotopic (exact) mass is 290 g/mol. The third-order valence-corrected chi connectivity index (χ3v) is 4.01. The summed E-state index contributed by atoms with van der Waals surface area (Å²) in [7, 11) is 0. The molecular weight excluding hydrogens is 272 g/mol. The topological polar surface area (TPSA) is 90.2 Å². The number of rotatable bonds is 3. The molecule has 0 spiro atoms. The highest BCUT2D eigenvalue weighted by Gasteiger charge is 2.47. The molecule has 6 nitrogen and oxygen atoms in total. The van der Waals surface area contributed by atoms with Crippen molar-refractivity contribution in [3.05, 3.63) is 34.9 Å². The second-order valence-electron chi connectivity index (χ2n) is 5.69. The summed E-state index contributed by atoms with van der Waals surface area (Å²) in [5, 5.41) is 19.6. The van der Waals surface area contributed by atoms with Gasteiger partial charge in [0, 0.05) is 5.56 Å². The fourth-order valence-electron chi connectivity index (χ4n) is 2.17. The number of aryl methyl sites for hydroxylation is 1. The second-order valence-corrected chi connectivity index (χ2v) is 5.69. The summed E-state index contributed by atoms with van der Waals surface area (Å²) in [6.45, 7) is 7.12. The van der Waals surface area contributed by atoms with Crippen LogP contribution < -0.4 is 0 Å². The minimum atomic E-state index is -1.07. The molecule has 6 heteroatoms. The molecule has 1 amide bonds. The van der Waals surface area contributed by atoms with Crippen LogP contribution in [0.15, 0.2) is 23.2 Å². The predicted octanol–water partition coefficient (Wildman–Crippen LogP) is 2.09. The molecule has 1 aliphatic rings. The average Bonchev–Trinajstić information content (AvgIpc) is 2.65. The molecule has 1 aromatic rings. The summed E-state index contributed by atoms with van der Waals surface area (Å²) in [6, 6.07) is 4.52. The SMILES string of the molecule is Cc1ccc(C(=O)O)cc1C1=NC(C)(C(C)C)C(=O)N1O. The van der Waals surface area contributed by atoms with Crippen molar-refractivity contribution >= 4 is 17.7 Å². The lowest BCUT2D eigenvalue weighted by molar-refractivity contribution is -0.152. The predicted molar refractivity (Wildman–Crippen MR) is 76.6 cm³/mol. The molecule has 0 saturated heterocycles. The van der Waals surface area contributed by atoms with E-state index in [0.29, 0.717) is 10.6 Å². The van der Waals surface area contributed by atoms with Crippen LogP contribution >= 0.6 is 0 Å². The molecule has 21 heavy (non-hydrogen) atoms. The van der Waals surface area contributed by atoms with Crippen LogP contribution in [0.5, 0.6) is 0 Å². The zero-order chi connectivity index (χ0) is 15.9. The van der Waals surface area contributed by atoms with E-state index in [-0.39, 0.29) is 17.3 Å². The number of amides is 1. The quantitative estimate of drug-likeness (QED) is 0.834. The summed E-state index contributed by atoms with van der Waals surface area (Å²) >= 11 is 0. The minimum absolute atomic E-state index is 0.0808. The van der Waals surface area contributed by atoms with Gasteiger partial charge in [-0.2, -0.15) is 5.06 Å². The van der Waals surface area contributed by atoms with Crippen molar-refractivity contribution < 1.29 is 19.9 Å². The standard InChI is InChI=1S/C15H18N2O4/c1-8(2)15(4)14(20)17(21)12(16-15)11-7-10(13(18)19)6-5-9(11)3/h5-8,21H,1-4H3,(H,18,19). The maximum Gasteiger partial charge on any atom is 0.335 e. The molecule has 2 rings (SSSR count). The number of carboxylic acids is 1. The Bertz CT molecular complexity index is 651. The lowest BCUT2D eigenvalue weighted by Crippen LogP contribution is -2.42. The molecular formula is C15H18N2O4. The van der Waals surface area contributed by atoms with Crippen molar-refractivity contribution in [2.75, 3.05) is 0 Å². The fourth-order valence-corrected chi connectivity index (χ4v) is 2.17. The van der Waals surface area contributed by atoms with Gasteiger partial charge in [-0.25, -0.2) is 9.79 Å². The molecule has 0 radical (unpaired) electrons. The van der Waals surface area contributed by atoms with E-state index in [1.165, 1.54) is 12.1 Å². The number of amidine groups is 1. The first-order chi connectivity index (χ1) is 9.68. The molecule has 0 saturated carbocycles. The van der Waals surface area contributed by atoms with Crippen molar-refractivity contribution in [3.8, 4) is 0 Å². The van der Waals surface area contributed by atoms with Crippen LogP contribution in [0.1, 0.15) is 42.3 Å². The van der Waals surface area contributed by atoms with Gasteiger partial charge in [0.25, 0.3) is 5.91 Å². The van der Waals surface area contributed by atoms with E-state index in [9.17, 15) is 14.8 Å². The summed E-state index contributed by atoms with van der Waals surface area (Å²) in [4.78, 5) is 27.7. The van der Waals surface area contributed by atoms with Crippen LogP contribution in [0.4, 0.5) is 0 Å². The molecule has 0 aromatic heterocycles. The van der Waals surface area contributed by atoms with Gasteiger partial charge in [-0.15, -0.1) is 0 Å². The largest absolute Gasteiger partial charge is 0.478 e. The van der Waals surface area contributed by atoms with Crippen molar-refractivity contribution in [1.29, 1.82) is 0 Å². The molecule has 1 atom stereocenters. The summed E-state index contributed by atoms with van der Waals surface area (Å²) in [6.07, 6.45) is 0. The molecule has 1 heterocycles. The van der Waals surface area contributed by atoms with Gasteiger partial charge in [0.1, 0.15) is 5.54 Å². The Morgan fingerprint density at radius 3 is 2.48 bits per heavy atom. The van der Waals surface area contributed by atoms with Gasteiger partial charge in [0.2, 0.25) is 0 Å². The molecule has 0 fully saturated rings. The Morgan fingerprint density at radius 2 is 2.00 bits per heavy atom. The Morgan fingerprint density at radius 1 is 1.38 bits per heavy atom. The smallest absolute Gasteiger partial charge is 0.335 e. The van der Waals surface area contributed by atoms with E-state index in [1.807, 2.05) is 13.8 Å². The second kappa shape index (κ2) is 4.96. The van der Waals surface area contributed by atoms with E-state index in [1.54, 1.807) is 19.9 Å². The Kier molecular flexibility index (Phi) is 3.59. The summed E-state index contributed by atoms with van der Waals surface area (Å²) < 4.78 is 0. The molecule has 2 N–H and O–H groups in total. The molecule has 1 aliphatic heterocycles. The number of benzene rings is 1. The van der Waals surface area contributed by atoms with Crippen LogP contribution in [0, 0.1) is 12.8 Å². The molecule has 0 aliphatic carbocycles. The number of carbonyl (C=O) groups is 2. The van der Waals surface area contributed by atoms with Gasteiger partial charge in [0.15, 0.2) is 5.84 Å². The number of carbonyl (C=O) groups excluding carboxylic acids is 1. The lowest BCUT2D eigenvalue weighted by atomic mass is 9.89. The first-order valence-corrected chi connectivity index (χ1v) is 6.66. The normalized spacial score (nSPS) is 21.9. The molecule has 112 valence electrons. The van der Waals surface area contributed by atoms with Crippen molar-refractivity contribution in [2.45, 2.75) is 33.2 Å². The van der Waals surface area contributed by atoms with E-state index in [0.717, 1.165) is 5.56 Å². The Hall–Kier alpha value is -2.21. The van der Waals surface area contributed by atoms with Gasteiger partial charge in [-0.1, -0.05) is 19.9 Å². The van der Waals surface area contributed by atoms with E-state index < -0.39 is 17.4 Å². The van der Waals surface area contributed by atoms with Crippen LogP contribution in [0.25, 0.3) is 0 Å². The van der Waals surface area contributed by atoms with Gasteiger partial charge >= 0.3 is 5.97 Å². The zero-order valence-corrected chi connectivity index (χ0v) is 12.4. The lowest BCUT2D eigenvalue weighted by Gasteiger charge is -2.22. The third kappa shape index (κ3) is 2.31. The minimum Gasteiger partial charge on any atom is -0.478 e. The number of nitrogens with zero attached hydrogens (tertiary/aromatic N) is 2. The molecule has 1 unspecified atom stereocenters. The number of hydrogen-bond acceptors (Lipinski definition) is 4. The zero-order valence-electron chi connectivity index (χ0n) is 12.4. The molecule has 1 aromatic carbocycles. The summed E-state index contributed by atoms with van der Waals surface area (Å²) in [5.74, 6) is -1.58. The van der Waals surface area contributed by atoms with Crippen LogP contribution in [0.2, 0.25) is 0 Å². The van der Waals surface area contributed by atoms with E-state index in [4.69, 9.17) is 5.11 Å². The number of carboxylic acid groups (broad SMARTS) is 1. The first kappa shape index (κ1) is 15.2. The summed E-state index contributed by atoms with van der Waals surface area (Å²) in [5.41, 5.74) is 0.210. The maximum absolute atomic E-state index is 12.2. The van der Waals surface area contributed by atoms with Crippen molar-refractivity contribution in [1.82, 2.24) is 5.06 Å². The first-order valence-electron chi connectivity index (χ1n) is 6.66. The highest BCUT2D eigenvalue weighted by molar-refractivity contribution is 6.15. The molecule has 0 bridgehead atoms. The van der Waals surface area contributed by atoms with Gasteiger partial charge in [-0.05, 0) is 37.5 Å². The van der Waals surface area contributed by atoms with Crippen molar-refractivity contribution in [3.63, 3.8) is 0 Å². The average molecular weight is 290 g/mol. The van der Waals surface area contributed by atoms with E-state index >= 15 is 0 Å². The van der Waals surface area contributed by atoms with Crippen LogP contribution in [-0.2, 0) is 4.79 Å². The number of aliphatic imine (C=N–C) groups is 1. The van der Waals surface area contributed by atoms with Gasteiger partial charge in [-0.3, -0.25) is 10.0 Å². The van der Waals surface area contributed by atoms with Gasteiger partial charge in [0.05, 0.1) is 5.56 Å². The number of hydroxylamine groups is 2. The highest BCUT2D eigenvalue weighted by Crippen LogP contribution is 2.31. The Balaban J connectivity index is 2.59. The van der Waals surface area contributed by atoms with Crippen LogP contribution in [0.3, 0.4) is 0 Å². The van der Waals surface area contributed by atoms with Gasteiger partial charge < -0.3 is 5.11 Å². The van der Waals surface area contributed by atoms with Crippen molar-refractivity contribution in [2.24, 2.45) is 10.9 Å². The van der Waals surface area contributed by atoms with Crippen LogP contribution in [-0.4, -0.2) is 38.6 Å². The fraction of sp³-hybridized carbons (Fsp3) is 0.400. The number of aromatic carboxylic acids is 1.